The molecule has 1 aromatic rings. The lowest BCUT2D eigenvalue weighted by Crippen LogP contribution is -2.15. The molecule has 94 valence electrons. The van der Waals surface area contributed by atoms with Gasteiger partial charge in [0, 0.05) is 19.4 Å². The van der Waals surface area contributed by atoms with Gasteiger partial charge in [0.25, 0.3) is 0 Å². The van der Waals surface area contributed by atoms with Crippen LogP contribution in [0.2, 0.25) is 5.02 Å². The van der Waals surface area contributed by atoms with Crippen LogP contribution in [-0.4, -0.2) is 12.5 Å². The number of nitrogens with one attached hydrogen (secondary N) is 1. The third-order valence-electron chi connectivity index (χ3n) is 3.04. The first-order valence-electron chi connectivity index (χ1n) is 5.54. The van der Waals surface area contributed by atoms with Gasteiger partial charge in [-0.3, -0.25) is 0 Å². The predicted octanol–water partition coefficient (Wildman–Crippen LogP) is 4.33. The summed E-state index contributed by atoms with van der Waals surface area (Å²) in [7, 11) is 0. The van der Waals surface area contributed by atoms with Crippen LogP contribution in [0.4, 0.5) is 18.9 Å². The number of anilines is 1. The number of benzene rings is 1. The molecule has 0 amide bonds. The van der Waals surface area contributed by atoms with Crippen molar-refractivity contribution in [1.29, 1.82) is 0 Å². The zero-order valence-electron chi connectivity index (χ0n) is 9.15. The molecule has 2 rings (SSSR count). The first-order valence-corrected chi connectivity index (χ1v) is 5.91. The molecule has 1 aliphatic carbocycles. The van der Waals surface area contributed by atoms with Crippen molar-refractivity contribution in [2.45, 2.75) is 25.2 Å². The molecule has 5 heteroatoms. The Hall–Kier alpha value is -0.900. The van der Waals surface area contributed by atoms with Crippen LogP contribution in [0.15, 0.2) is 18.2 Å². The van der Waals surface area contributed by atoms with E-state index >= 15 is 0 Å². The van der Waals surface area contributed by atoms with Crippen molar-refractivity contribution < 1.29 is 13.2 Å². The molecule has 0 heterocycles. The highest BCUT2D eigenvalue weighted by molar-refractivity contribution is 6.31. The van der Waals surface area contributed by atoms with Gasteiger partial charge >= 0.3 is 0 Å². The van der Waals surface area contributed by atoms with E-state index < -0.39 is 11.7 Å². The van der Waals surface area contributed by atoms with Crippen molar-refractivity contribution >= 4 is 17.3 Å². The summed E-state index contributed by atoms with van der Waals surface area (Å²) in [5.74, 6) is -3.19. The van der Waals surface area contributed by atoms with Gasteiger partial charge in [-0.25, -0.2) is 13.2 Å². The normalized spacial score (nSPS) is 22.7. The number of hydrogen-bond donors (Lipinski definition) is 1. The van der Waals surface area contributed by atoms with Crippen molar-refractivity contribution in [2.75, 3.05) is 11.9 Å². The second kappa shape index (κ2) is 4.77. The smallest absolute Gasteiger partial charge is 0.248 e. The van der Waals surface area contributed by atoms with Crippen molar-refractivity contribution in [3.05, 3.63) is 29.0 Å². The molecule has 0 bridgehead atoms. The van der Waals surface area contributed by atoms with E-state index in [4.69, 9.17) is 11.6 Å². The minimum absolute atomic E-state index is 0.0340. The zero-order valence-corrected chi connectivity index (χ0v) is 9.91. The Morgan fingerprint density at radius 3 is 2.82 bits per heavy atom. The number of alkyl halides is 2. The molecule has 0 radical (unpaired) electrons. The molecule has 1 atom stereocenters. The quantitative estimate of drug-likeness (QED) is 0.856. The molecule has 0 spiro atoms. The molecule has 0 saturated heterocycles. The molecule has 1 aliphatic rings. The average molecular weight is 264 g/mol. The topological polar surface area (TPSA) is 12.0 Å². The summed E-state index contributed by atoms with van der Waals surface area (Å²) in [6.45, 7) is 0.354. The Balaban J connectivity index is 1.93. The lowest BCUT2D eigenvalue weighted by molar-refractivity contribution is 0.00556. The predicted molar refractivity (Wildman–Crippen MR) is 62.2 cm³/mol. The number of halogens is 4. The van der Waals surface area contributed by atoms with Crippen LogP contribution >= 0.6 is 11.6 Å². The van der Waals surface area contributed by atoms with E-state index in [1.54, 1.807) is 12.1 Å². The lowest BCUT2D eigenvalue weighted by Gasteiger charge is -2.13. The Morgan fingerprint density at radius 2 is 2.18 bits per heavy atom. The molecular formula is C12H13ClF3N. The highest BCUT2D eigenvalue weighted by Crippen LogP contribution is 2.38. The first kappa shape index (κ1) is 12.6. The molecule has 0 aliphatic heterocycles. The molecule has 1 aromatic carbocycles. The van der Waals surface area contributed by atoms with E-state index in [0.29, 0.717) is 13.0 Å². The minimum Gasteiger partial charge on any atom is -0.382 e. The number of rotatable bonds is 3. The van der Waals surface area contributed by atoms with Crippen LogP contribution in [0.5, 0.6) is 0 Å². The van der Waals surface area contributed by atoms with Crippen molar-refractivity contribution in [3.8, 4) is 0 Å². The third kappa shape index (κ3) is 3.06. The van der Waals surface area contributed by atoms with Crippen LogP contribution < -0.4 is 5.32 Å². The molecule has 0 aromatic heterocycles. The van der Waals surface area contributed by atoms with Crippen LogP contribution in [-0.2, 0) is 0 Å². The molecule has 1 nitrogen and oxygen atoms in total. The summed E-state index contributed by atoms with van der Waals surface area (Å²) in [5.41, 5.74) is 0.271. The van der Waals surface area contributed by atoms with Gasteiger partial charge in [-0.1, -0.05) is 17.7 Å². The van der Waals surface area contributed by atoms with Gasteiger partial charge in [0.2, 0.25) is 5.92 Å². The van der Waals surface area contributed by atoms with E-state index in [9.17, 15) is 13.2 Å². The monoisotopic (exact) mass is 263 g/mol. The second-order valence-corrected chi connectivity index (χ2v) is 4.85. The Labute approximate surface area is 103 Å². The van der Waals surface area contributed by atoms with Gasteiger partial charge < -0.3 is 5.32 Å². The second-order valence-electron chi connectivity index (χ2n) is 4.45. The van der Waals surface area contributed by atoms with Gasteiger partial charge in [0.15, 0.2) is 5.82 Å². The number of hydrogen-bond acceptors (Lipinski definition) is 1. The maximum atomic E-state index is 13.5. The summed E-state index contributed by atoms with van der Waals surface area (Å²) < 4.78 is 39.4. The Morgan fingerprint density at radius 1 is 1.41 bits per heavy atom. The van der Waals surface area contributed by atoms with E-state index in [0.717, 1.165) is 0 Å². The Kier molecular flexibility index (Phi) is 3.52. The molecule has 1 unspecified atom stereocenters. The van der Waals surface area contributed by atoms with E-state index in [1.165, 1.54) is 6.07 Å². The van der Waals surface area contributed by atoms with Crippen LogP contribution in [0.1, 0.15) is 19.3 Å². The maximum Gasteiger partial charge on any atom is 0.248 e. The van der Waals surface area contributed by atoms with Crippen molar-refractivity contribution in [1.82, 2.24) is 0 Å². The zero-order chi connectivity index (χ0) is 12.5. The third-order valence-corrected chi connectivity index (χ3v) is 3.33. The largest absolute Gasteiger partial charge is 0.382 e. The van der Waals surface area contributed by atoms with Gasteiger partial charge in [-0.05, 0) is 24.5 Å². The molecule has 1 saturated carbocycles. The summed E-state index contributed by atoms with van der Waals surface area (Å²) >= 11 is 5.62. The van der Waals surface area contributed by atoms with E-state index in [1.807, 2.05) is 0 Å². The van der Waals surface area contributed by atoms with Crippen LogP contribution in [0.3, 0.4) is 0 Å². The highest BCUT2D eigenvalue weighted by atomic mass is 35.5. The summed E-state index contributed by atoms with van der Waals surface area (Å²) in [5, 5.41) is 2.87. The SMILES string of the molecule is Fc1c(Cl)cccc1NCC1CCC(F)(F)C1. The molecular weight excluding hydrogens is 251 g/mol. The van der Waals surface area contributed by atoms with Crippen LogP contribution in [0, 0.1) is 11.7 Å². The molecule has 17 heavy (non-hydrogen) atoms. The fraction of sp³-hybridized carbons (Fsp3) is 0.500. The van der Waals surface area contributed by atoms with Crippen LogP contribution in [0.25, 0.3) is 0 Å². The van der Waals surface area contributed by atoms with E-state index in [-0.39, 0.29) is 29.5 Å². The minimum atomic E-state index is -2.56. The Bertz CT molecular complexity index is 409. The van der Waals surface area contributed by atoms with E-state index in [2.05, 4.69) is 5.32 Å². The van der Waals surface area contributed by atoms with Gasteiger partial charge in [0.05, 0.1) is 10.7 Å². The summed E-state index contributed by atoms with van der Waals surface area (Å²) in [4.78, 5) is 0. The van der Waals surface area contributed by atoms with Crippen molar-refractivity contribution in [2.24, 2.45) is 5.92 Å². The van der Waals surface area contributed by atoms with Gasteiger partial charge in [0.1, 0.15) is 0 Å². The standard InChI is InChI=1S/C12H13ClF3N/c13-9-2-1-3-10(11(9)14)17-7-8-4-5-12(15,16)6-8/h1-3,8,17H,4-7H2. The summed E-state index contributed by atoms with van der Waals surface area (Å²) in [6, 6.07) is 4.62. The highest BCUT2D eigenvalue weighted by Gasteiger charge is 2.39. The van der Waals surface area contributed by atoms with Crippen molar-refractivity contribution in [3.63, 3.8) is 0 Å². The fourth-order valence-electron chi connectivity index (χ4n) is 2.11. The lowest BCUT2D eigenvalue weighted by atomic mass is 10.1. The fourth-order valence-corrected chi connectivity index (χ4v) is 2.29. The molecule has 1 fully saturated rings. The maximum absolute atomic E-state index is 13.5. The van der Waals surface area contributed by atoms with Gasteiger partial charge in [-0.2, -0.15) is 0 Å². The average Bonchev–Trinajstić information content (AvgIpc) is 2.61. The molecule has 1 N–H and O–H groups in total. The van der Waals surface area contributed by atoms with Gasteiger partial charge in [-0.15, -0.1) is 0 Å². The summed E-state index contributed by atoms with van der Waals surface area (Å²) in [6.07, 6.45) is 0.280. The first-order chi connectivity index (χ1) is 7.98.